The topological polar surface area (TPSA) is 58.2 Å². The number of aryl methyl sites for hydroxylation is 1. The zero-order chi connectivity index (χ0) is 18.4. The van der Waals surface area contributed by atoms with Crippen LogP contribution in [0, 0.1) is 6.92 Å². The molecule has 2 N–H and O–H groups in total. The number of hydrogen-bond acceptors (Lipinski definition) is 2. The summed E-state index contributed by atoms with van der Waals surface area (Å²) >= 11 is 0. The van der Waals surface area contributed by atoms with Crippen molar-refractivity contribution in [2.24, 2.45) is 0 Å². The van der Waals surface area contributed by atoms with Gasteiger partial charge in [-0.15, -0.1) is 0 Å². The third-order valence-corrected chi connectivity index (χ3v) is 3.43. The van der Waals surface area contributed by atoms with E-state index in [-0.39, 0.29) is 5.69 Å². The maximum atomic E-state index is 12.5. The Labute approximate surface area is 143 Å². The Morgan fingerprint density at radius 3 is 2.08 bits per heavy atom. The van der Waals surface area contributed by atoms with Crippen LogP contribution in [0.15, 0.2) is 48.5 Å². The highest BCUT2D eigenvalue weighted by atomic mass is 19.4. The molecule has 2 rings (SSSR count). The number of carbonyl (C=O) groups excluding carboxylic acids is 2. The molecule has 2 aromatic rings. The highest BCUT2D eigenvalue weighted by molar-refractivity contribution is 6.03. The van der Waals surface area contributed by atoms with Crippen molar-refractivity contribution in [1.29, 1.82) is 0 Å². The highest BCUT2D eigenvalue weighted by Crippen LogP contribution is 2.29. The summed E-state index contributed by atoms with van der Waals surface area (Å²) in [7, 11) is 0. The van der Waals surface area contributed by atoms with Gasteiger partial charge in [0.1, 0.15) is 6.42 Å². The minimum absolute atomic E-state index is 0.198. The first-order valence-corrected chi connectivity index (χ1v) is 7.53. The Balaban J connectivity index is 1.81. The van der Waals surface area contributed by atoms with Gasteiger partial charge in [-0.3, -0.25) is 9.59 Å². The maximum Gasteiger partial charge on any atom is 0.416 e. The van der Waals surface area contributed by atoms with Crippen LogP contribution < -0.4 is 10.6 Å². The molecule has 0 unspecified atom stereocenters. The molecule has 0 atom stereocenters. The summed E-state index contributed by atoms with van der Waals surface area (Å²) in [5, 5.41) is 5.01. The number of hydrogen-bond donors (Lipinski definition) is 2. The molecular formula is C18H17F3N2O2. The van der Waals surface area contributed by atoms with E-state index in [4.69, 9.17) is 0 Å². The van der Waals surface area contributed by atoms with Gasteiger partial charge in [-0.25, -0.2) is 0 Å². The van der Waals surface area contributed by atoms with Crippen LogP contribution in [0.5, 0.6) is 0 Å². The molecule has 0 fully saturated rings. The van der Waals surface area contributed by atoms with Crippen molar-refractivity contribution >= 4 is 17.5 Å². The summed E-state index contributed by atoms with van der Waals surface area (Å²) in [5.41, 5.74) is 1.40. The number of halogens is 3. The first kappa shape index (κ1) is 18.5. The highest BCUT2D eigenvalue weighted by Gasteiger charge is 2.29. The van der Waals surface area contributed by atoms with Crippen LogP contribution in [-0.2, 0) is 22.3 Å². The summed E-state index contributed by atoms with van der Waals surface area (Å²) in [4.78, 5) is 23.5. The van der Waals surface area contributed by atoms with Crippen molar-refractivity contribution in [3.63, 3.8) is 0 Å². The Bertz CT molecular complexity index is 738. The van der Waals surface area contributed by atoms with Gasteiger partial charge in [0.25, 0.3) is 0 Å². The fraction of sp³-hybridized carbons (Fsp3) is 0.222. The molecule has 0 radical (unpaired) electrons. The second kappa shape index (κ2) is 7.83. The molecule has 7 heteroatoms. The first-order chi connectivity index (χ1) is 11.7. The SMILES string of the molecule is Cc1ccc(CNC(=O)CC(=O)Nc2ccc(C(F)(F)F)cc2)cc1. The molecule has 2 amide bonds. The molecule has 0 heterocycles. The van der Waals surface area contributed by atoms with Gasteiger partial charge >= 0.3 is 6.18 Å². The van der Waals surface area contributed by atoms with Crippen LogP contribution in [0.3, 0.4) is 0 Å². The second-order valence-electron chi connectivity index (χ2n) is 5.56. The van der Waals surface area contributed by atoms with E-state index in [1.807, 2.05) is 31.2 Å². The van der Waals surface area contributed by atoms with Crippen LogP contribution in [0.2, 0.25) is 0 Å². The third-order valence-electron chi connectivity index (χ3n) is 3.43. The van der Waals surface area contributed by atoms with Gasteiger partial charge in [-0.1, -0.05) is 29.8 Å². The summed E-state index contributed by atoms with van der Waals surface area (Å²) in [6.07, 6.45) is -4.84. The molecule has 132 valence electrons. The molecule has 0 aliphatic heterocycles. The lowest BCUT2D eigenvalue weighted by molar-refractivity contribution is -0.137. The normalized spacial score (nSPS) is 11.0. The number of alkyl halides is 3. The van der Waals surface area contributed by atoms with E-state index in [2.05, 4.69) is 10.6 Å². The minimum atomic E-state index is -4.43. The van der Waals surface area contributed by atoms with Crippen LogP contribution in [0.25, 0.3) is 0 Å². The van der Waals surface area contributed by atoms with Gasteiger partial charge in [-0.2, -0.15) is 13.2 Å². The molecule has 4 nitrogen and oxygen atoms in total. The van der Waals surface area contributed by atoms with Gasteiger partial charge in [0.2, 0.25) is 11.8 Å². The lowest BCUT2D eigenvalue weighted by Crippen LogP contribution is -2.27. The van der Waals surface area contributed by atoms with Gasteiger partial charge in [0.15, 0.2) is 0 Å². The van der Waals surface area contributed by atoms with E-state index < -0.39 is 30.0 Å². The fourth-order valence-electron chi connectivity index (χ4n) is 2.06. The van der Waals surface area contributed by atoms with Crippen molar-refractivity contribution in [1.82, 2.24) is 5.32 Å². The average molecular weight is 350 g/mol. The average Bonchev–Trinajstić information content (AvgIpc) is 2.54. The third kappa shape index (κ3) is 5.95. The monoisotopic (exact) mass is 350 g/mol. The minimum Gasteiger partial charge on any atom is -0.352 e. The van der Waals surface area contributed by atoms with Crippen molar-refractivity contribution in [3.05, 3.63) is 65.2 Å². The standard InChI is InChI=1S/C18H17F3N2O2/c1-12-2-4-13(5-3-12)11-22-16(24)10-17(25)23-15-8-6-14(7-9-15)18(19,20)21/h2-9H,10-11H2,1H3,(H,22,24)(H,23,25). The summed E-state index contributed by atoms with van der Waals surface area (Å²) in [6, 6.07) is 11.6. The number of benzene rings is 2. The number of amides is 2. The first-order valence-electron chi connectivity index (χ1n) is 7.53. The second-order valence-corrected chi connectivity index (χ2v) is 5.56. The smallest absolute Gasteiger partial charge is 0.352 e. The van der Waals surface area contributed by atoms with E-state index in [0.717, 1.165) is 35.4 Å². The van der Waals surface area contributed by atoms with Gasteiger partial charge in [0.05, 0.1) is 5.56 Å². The number of nitrogens with one attached hydrogen (secondary N) is 2. The van der Waals surface area contributed by atoms with E-state index in [1.165, 1.54) is 0 Å². The van der Waals surface area contributed by atoms with E-state index in [0.29, 0.717) is 6.54 Å². The molecule has 0 aliphatic carbocycles. The van der Waals surface area contributed by atoms with Crippen molar-refractivity contribution in [2.75, 3.05) is 5.32 Å². The van der Waals surface area contributed by atoms with E-state index >= 15 is 0 Å². The Morgan fingerprint density at radius 2 is 1.52 bits per heavy atom. The molecule has 25 heavy (non-hydrogen) atoms. The zero-order valence-electron chi connectivity index (χ0n) is 13.5. The number of carbonyl (C=O) groups is 2. The predicted molar refractivity (Wildman–Crippen MR) is 87.7 cm³/mol. The molecule has 0 saturated heterocycles. The Morgan fingerprint density at radius 1 is 0.920 bits per heavy atom. The van der Waals surface area contributed by atoms with Crippen molar-refractivity contribution in [2.45, 2.75) is 26.1 Å². The largest absolute Gasteiger partial charge is 0.416 e. The molecule has 0 saturated carbocycles. The summed E-state index contributed by atoms with van der Waals surface area (Å²) < 4.78 is 37.4. The predicted octanol–water partition coefficient (Wildman–Crippen LogP) is 3.66. The van der Waals surface area contributed by atoms with Crippen molar-refractivity contribution < 1.29 is 22.8 Å². The van der Waals surface area contributed by atoms with Crippen LogP contribution in [0.1, 0.15) is 23.1 Å². The molecule has 2 aromatic carbocycles. The molecule has 0 bridgehead atoms. The number of anilines is 1. The van der Waals surface area contributed by atoms with E-state index in [1.54, 1.807) is 0 Å². The summed E-state index contributed by atoms with van der Waals surface area (Å²) in [6.45, 7) is 2.25. The fourth-order valence-corrected chi connectivity index (χ4v) is 2.06. The lowest BCUT2D eigenvalue weighted by Gasteiger charge is -2.09. The number of rotatable bonds is 5. The molecule has 0 aromatic heterocycles. The Kier molecular flexibility index (Phi) is 5.80. The quantitative estimate of drug-likeness (QED) is 0.809. The van der Waals surface area contributed by atoms with Gasteiger partial charge in [0, 0.05) is 12.2 Å². The van der Waals surface area contributed by atoms with Crippen LogP contribution in [-0.4, -0.2) is 11.8 Å². The molecule has 0 aliphatic rings. The van der Waals surface area contributed by atoms with E-state index in [9.17, 15) is 22.8 Å². The zero-order valence-corrected chi connectivity index (χ0v) is 13.5. The van der Waals surface area contributed by atoms with Crippen LogP contribution >= 0.6 is 0 Å². The van der Waals surface area contributed by atoms with Gasteiger partial charge < -0.3 is 10.6 Å². The maximum absolute atomic E-state index is 12.5. The molecule has 0 spiro atoms. The molecular weight excluding hydrogens is 333 g/mol. The Hall–Kier alpha value is -2.83. The van der Waals surface area contributed by atoms with Crippen molar-refractivity contribution in [3.8, 4) is 0 Å². The summed E-state index contributed by atoms with van der Waals surface area (Å²) in [5.74, 6) is -1.06. The lowest BCUT2D eigenvalue weighted by atomic mass is 10.1. The van der Waals surface area contributed by atoms with Crippen LogP contribution in [0.4, 0.5) is 18.9 Å². The van der Waals surface area contributed by atoms with Gasteiger partial charge in [-0.05, 0) is 36.8 Å².